The van der Waals surface area contributed by atoms with Crippen LogP contribution in [-0.2, 0) is 4.79 Å². The van der Waals surface area contributed by atoms with Crippen molar-refractivity contribution in [2.75, 3.05) is 11.9 Å². The van der Waals surface area contributed by atoms with E-state index in [-0.39, 0.29) is 11.8 Å². The molecule has 0 radical (unpaired) electrons. The summed E-state index contributed by atoms with van der Waals surface area (Å²) in [5.41, 5.74) is 6.16. The van der Waals surface area contributed by atoms with Gasteiger partial charge in [0, 0.05) is 15.8 Å². The lowest BCUT2D eigenvalue weighted by molar-refractivity contribution is -0.120. The van der Waals surface area contributed by atoms with E-state index in [1.54, 1.807) is 0 Å². The summed E-state index contributed by atoms with van der Waals surface area (Å²) in [6.45, 7) is 2.39. The monoisotopic (exact) mass is 304 g/mol. The van der Waals surface area contributed by atoms with Gasteiger partial charge in [-0.15, -0.1) is 0 Å². The van der Waals surface area contributed by atoms with Crippen molar-refractivity contribution in [3.8, 4) is 0 Å². The average Bonchev–Trinajstić information content (AvgIpc) is 2.16. The lowest BCUT2D eigenvalue weighted by Gasteiger charge is -2.09. The highest BCUT2D eigenvalue weighted by Crippen LogP contribution is 2.11. The first-order valence-electron chi connectivity index (χ1n) is 4.38. The highest BCUT2D eigenvalue weighted by Gasteiger charge is 2.07. The van der Waals surface area contributed by atoms with Crippen LogP contribution in [0.25, 0.3) is 0 Å². The molecule has 1 amide bonds. The molecule has 0 aliphatic carbocycles. The fourth-order valence-electron chi connectivity index (χ4n) is 0.939. The Morgan fingerprint density at radius 3 is 2.57 bits per heavy atom. The van der Waals surface area contributed by atoms with Gasteiger partial charge in [0.1, 0.15) is 0 Å². The Labute approximate surface area is 97.2 Å². The molecule has 0 aliphatic heterocycles. The van der Waals surface area contributed by atoms with Crippen LogP contribution < -0.4 is 11.1 Å². The normalized spacial score (nSPS) is 12.1. The second kappa shape index (κ2) is 5.19. The Morgan fingerprint density at radius 2 is 2.07 bits per heavy atom. The molecule has 0 bridgehead atoms. The van der Waals surface area contributed by atoms with Crippen LogP contribution in [0.3, 0.4) is 0 Å². The zero-order chi connectivity index (χ0) is 10.6. The van der Waals surface area contributed by atoms with Gasteiger partial charge < -0.3 is 11.1 Å². The van der Waals surface area contributed by atoms with Crippen molar-refractivity contribution in [3.05, 3.63) is 27.8 Å². The van der Waals surface area contributed by atoms with E-state index in [1.807, 2.05) is 31.2 Å². The zero-order valence-electron chi connectivity index (χ0n) is 7.96. The van der Waals surface area contributed by atoms with E-state index in [2.05, 4.69) is 27.9 Å². The van der Waals surface area contributed by atoms with Gasteiger partial charge in [0.25, 0.3) is 0 Å². The maximum Gasteiger partial charge on any atom is 0.222 e. The van der Waals surface area contributed by atoms with Gasteiger partial charge in [0.15, 0.2) is 0 Å². The van der Waals surface area contributed by atoms with Crippen molar-refractivity contribution < 1.29 is 4.79 Å². The topological polar surface area (TPSA) is 55.1 Å². The molecule has 0 fully saturated rings. The van der Waals surface area contributed by atoms with Gasteiger partial charge in [0.05, 0.1) is 5.92 Å². The Morgan fingerprint density at radius 1 is 1.50 bits per heavy atom. The van der Waals surface area contributed by atoms with Crippen LogP contribution in [0, 0.1) is 9.49 Å². The summed E-state index contributed by atoms with van der Waals surface area (Å²) in [6, 6.07) is 7.99. The van der Waals surface area contributed by atoms with Crippen LogP contribution in [0.2, 0.25) is 0 Å². The molecule has 0 saturated carbocycles. The van der Waals surface area contributed by atoms with Crippen molar-refractivity contribution in [1.29, 1.82) is 0 Å². The maximum absolute atomic E-state index is 10.8. The number of primary amides is 1. The molecule has 0 aliphatic rings. The molecule has 14 heavy (non-hydrogen) atoms. The van der Waals surface area contributed by atoms with Crippen molar-refractivity contribution in [2.45, 2.75) is 6.92 Å². The third kappa shape index (κ3) is 3.53. The number of hydrogen-bond acceptors (Lipinski definition) is 2. The number of rotatable bonds is 4. The number of amides is 1. The summed E-state index contributed by atoms with van der Waals surface area (Å²) in [7, 11) is 0. The minimum Gasteiger partial charge on any atom is -0.384 e. The molecule has 76 valence electrons. The number of anilines is 1. The molecular weight excluding hydrogens is 291 g/mol. The van der Waals surface area contributed by atoms with Gasteiger partial charge in [-0.25, -0.2) is 0 Å². The molecule has 1 aromatic carbocycles. The molecule has 0 aromatic heterocycles. The van der Waals surface area contributed by atoms with Gasteiger partial charge >= 0.3 is 0 Å². The molecule has 4 heteroatoms. The minimum atomic E-state index is -0.275. The van der Waals surface area contributed by atoms with E-state index in [1.165, 1.54) is 3.57 Å². The summed E-state index contributed by atoms with van der Waals surface area (Å²) < 4.78 is 1.19. The first kappa shape index (κ1) is 11.3. The summed E-state index contributed by atoms with van der Waals surface area (Å²) in [5, 5.41) is 3.15. The predicted octanol–water partition coefficient (Wildman–Crippen LogP) is 1.82. The molecular formula is C10H13IN2O. The van der Waals surface area contributed by atoms with Gasteiger partial charge in [-0.3, -0.25) is 4.79 Å². The third-order valence-corrected chi connectivity index (χ3v) is 2.66. The Bertz CT molecular complexity index is 310. The van der Waals surface area contributed by atoms with Crippen molar-refractivity contribution >= 4 is 34.2 Å². The highest BCUT2D eigenvalue weighted by molar-refractivity contribution is 14.1. The molecule has 1 aromatic rings. The summed E-state index contributed by atoms with van der Waals surface area (Å²) in [6.07, 6.45) is 0. The first-order valence-corrected chi connectivity index (χ1v) is 5.46. The standard InChI is InChI=1S/C10H13IN2O/c1-7(10(12)14)6-13-9-4-2-8(11)3-5-9/h2-5,7,13H,6H2,1H3,(H2,12,14). The number of carbonyl (C=O) groups excluding carboxylic acids is 1. The molecule has 0 heterocycles. The molecule has 3 nitrogen and oxygen atoms in total. The zero-order valence-corrected chi connectivity index (χ0v) is 10.1. The Hall–Kier alpha value is -0.780. The quantitative estimate of drug-likeness (QED) is 0.834. The Kier molecular flexibility index (Phi) is 4.19. The summed E-state index contributed by atoms with van der Waals surface area (Å²) in [4.78, 5) is 10.8. The molecule has 0 saturated heterocycles. The summed E-state index contributed by atoms with van der Waals surface area (Å²) >= 11 is 2.25. The lowest BCUT2D eigenvalue weighted by atomic mass is 10.1. The fraction of sp³-hybridized carbons (Fsp3) is 0.300. The number of nitrogens with one attached hydrogen (secondary N) is 1. The SMILES string of the molecule is CC(CNc1ccc(I)cc1)C(N)=O. The smallest absolute Gasteiger partial charge is 0.222 e. The van der Waals surface area contributed by atoms with E-state index < -0.39 is 0 Å². The van der Waals surface area contributed by atoms with Crippen LogP contribution >= 0.6 is 22.6 Å². The molecule has 1 rings (SSSR count). The van der Waals surface area contributed by atoms with Crippen LogP contribution in [0.5, 0.6) is 0 Å². The van der Waals surface area contributed by atoms with Crippen LogP contribution in [0.4, 0.5) is 5.69 Å². The lowest BCUT2D eigenvalue weighted by Crippen LogP contribution is -2.26. The molecule has 0 spiro atoms. The predicted molar refractivity (Wildman–Crippen MR) is 66.0 cm³/mol. The van der Waals surface area contributed by atoms with E-state index in [0.717, 1.165) is 5.69 Å². The number of carbonyl (C=O) groups is 1. The highest BCUT2D eigenvalue weighted by atomic mass is 127. The van der Waals surface area contributed by atoms with Crippen LogP contribution in [0.1, 0.15) is 6.92 Å². The van der Waals surface area contributed by atoms with Gasteiger partial charge in [0.2, 0.25) is 5.91 Å². The van der Waals surface area contributed by atoms with Crippen molar-refractivity contribution in [1.82, 2.24) is 0 Å². The fourth-order valence-corrected chi connectivity index (χ4v) is 1.30. The molecule has 1 atom stereocenters. The maximum atomic E-state index is 10.8. The molecule has 3 N–H and O–H groups in total. The van der Waals surface area contributed by atoms with Crippen molar-refractivity contribution in [2.24, 2.45) is 11.7 Å². The van der Waals surface area contributed by atoms with Gasteiger partial charge in [-0.2, -0.15) is 0 Å². The van der Waals surface area contributed by atoms with Crippen molar-refractivity contribution in [3.63, 3.8) is 0 Å². The molecule has 1 unspecified atom stereocenters. The first-order chi connectivity index (χ1) is 6.59. The minimum absolute atomic E-state index is 0.144. The number of hydrogen-bond donors (Lipinski definition) is 2. The van der Waals surface area contributed by atoms with E-state index >= 15 is 0 Å². The largest absolute Gasteiger partial charge is 0.384 e. The Balaban J connectivity index is 2.46. The second-order valence-electron chi connectivity index (χ2n) is 3.19. The second-order valence-corrected chi connectivity index (χ2v) is 4.44. The van der Waals surface area contributed by atoms with E-state index in [4.69, 9.17) is 5.73 Å². The average molecular weight is 304 g/mol. The van der Waals surface area contributed by atoms with Crippen LogP contribution in [0.15, 0.2) is 24.3 Å². The number of benzene rings is 1. The number of nitrogens with two attached hydrogens (primary N) is 1. The van der Waals surface area contributed by atoms with E-state index in [9.17, 15) is 4.79 Å². The van der Waals surface area contributed by atoms with E-state index in [0.29, 0.717) is 6.54 Å². The van der Waals surface area contributed by atoms with Crippen LogP contribution in [-0.4, -0.2) is 12.5 Å². The number of halogens is 1. The van der Waals surface area contributed by atoms with Gasteiger partial charge in [-0.05, 0) is 46.9 Å². The third-order valence-electron chi connectivity index (χ3n) is 1.94. The summed E-state index contributed by atoms with van der Waals surface area (Å²) in [5.74, 6) is -0.419. The van der Waals surface area contributed by atoms with Gasteiger partial charge in [-0.1, -0.05) is 6.92 Å².